The highest BCUT2D eigenvalue weighted by molar-refractivity contribution is 6.31. The second-order valence-corrected chi connectivity index (χ2v) is 9.06. The Morgan fingerprint density at radius 1 is 1.21 bits per heavy atom. The smallest absolute Gasteiger partial charge is 0.320 e. The van der Waals surface area contributed by atoms with Crippen molar-refractivity contribution >= 4 is 28.9 Å². The van der Waals surface area contributed by atoms with E-state index in [0.29, 0.717) is 17.8 Å². The SMILES string of the molecule is N#Cc1ccc(C2=CCC(N(CCN3CCCC3)C(=O)Nc3ccc(F)c(Cl)c3)CC2)cc1. The Morgan fingerprint density at radius 3 is 2.61 bits per heavy atom. The molecule has 1 heterocycles. The first-order chi connectivity index (χ1) is 16.0. The molecule has 7 heteroatoms. The summed E-state index contributed by atoms with van der Waals surface area (Å²) in [5, 5.41) is 11.9. The minimum absolute atomic E-state index is 0.0101. The fourth-order valence-corrected chi connectivity index (χ4v) is 4.78. The Morgan fingerprint density at radius 2 is 1.97 bits per heavy atom. The molecule has 2 aromatic rings. The molecule has 0 bridgehead atoms. The number of nitrogens with zero attached hydrogens (tertiary/aromatic N) is 3. The summed E-state index contributed by atoms with van der Waals surface area (Å²) in [6, 6.07) is 13.9. The van der Waals surface area contributed by atoms with Gasteiger partial charge in [-0.1, -0.05) is 29.8 Å². The molecule has 2 aromatic carbocycles. The molecule has 2 aliphatic rings. The number of likely N-dealkylation sites (tertiary alicyclic amines) is 1. The number of anilines is 1. The van der Waals surface area contributed by atoms with Crippen molar-refractivity contribution in [2.45, 2.75) is 38.1 Å². The van der Waals surface area contributed by atoms with Crippen LogP contribution in [0.5, 0.6) is 0 Å². The minimum atomic E-state index is -0.506. The number of hydrogen-bond acceptors (Lipinski definition) is 3. The molecule has 1 atom stereocenters. The van der Waals surface area contributed by atoms with E-state index in [-0.39, 0.29) is 17.1 Å². The number of carbonyl (C=O) groups excluding carboxylic acids is 1. The Labute approximate surface area is 199 Å². The van der Waals surface area contributed by atoms with Crippen LogP contribution < -0.4 is 5.32 Å². The van der Waals surface area contributed by atoms with Crippen molar-refractivity contribution in [2.24, 2.45) is 0 Å². The molecule has 1 aliphatic carbocycles. The molecular formula is C26H28ClFN4O. The van der Waals surface area contributed by atoms with Crippen molar-refractivity contribution < 1.29 is 9.18 Å². The Hall–Kier alpha value is -2.88. The summed E-state index contributed by atoms with van der Waals surface area (Å²) >= 11 is 5.89. The molecule has 0 radical (unpaired) electrons. The number of halogens is 2. The van der Waals surface area contributed by atoms with E-state index in [2.05, 4.69) is 22.4 Å². The minimum Gasteiger partial charge on any atom is -0.320 e. The summed E-state index contributed by atoms with van der Waals surface area (Å²) in [6.07, 6.45) is 7.13. The van der Waals surface area contributed by atoms with E-state index >= 15 is 0 Å². The maximum atomic E-state index is 13.5. The highest BCUT2D eigenvalue weighted by Crippen LogP contribution is 2.30. The summed E-state index contributed by atoms with van der Waals surface area (Å²) in [5.74, 6) is -0.506. The van der Waals surface area contributed by atoms with Crippen LogP contribution >= 0.6 is 11.6 Å². The van der Waals surface area contributed by atoms with Crippen molar-refractivity contribution in [3.05, 3.63) is 70.5 Å². The summed E-state index contributed by atoms with van der Waals surface area (Å²) in [4.78, 5) is 17.6. The second kappa shape index (κ2) is 10.8. The van der Waals surface area contributed by atoms with Crippen LogP contribution in [-0.2, 0) is 0 Å². The largest absolute Gasteiger partial charge is 0.322 e. The van der Waals surface area contributed by atoms with E-state index in [4.69, 9.17) is 16.9 Å². The van der Waals surface area contributed by atoms with E-state index in [9.17, 15) is 9.18 Å². The zero-order valence-corrected chi connectivity index (χ0v) is 19.3. The molecule has 0 spiro atoms. The maximum absolute atomic E-state index is 13.5. The zero-order chi connectivity index (χ0) is 23.2. The molecule has 2 amide bonds. The molecule has 1 unspecified atom stereocenters. The monoisotopic (exact) mass is 466 g/mol. The van der Waals surface area contributed by atoms with Crippen LogP contribution in [0, 0.1) is 17.1 Å². The Balaban J connectivity index is 1.46. The van der Waals surface area contributed by atoms with Crippen LogP contribution in [0.1, 0.15) is 43.2 Å². The first-order valence-corrected chi connectivity index (χ1v) is 11.9. The van der Waals surface area contributed by atoms with Crippen molar-refractivity contribution in [1.29, 1.82) is 5.26 Å². The van der Waals surface area contributed by atoms with Gasteiger partial charge in [-0.2, -0.15) is 5.26 Å². The van der Waals surface area contributed by atoms with E-state index in [1.165, 1.54) is 36.6 Å². The summed E-state index contributed by atoms with van der Waals surface area (Å²) in [7, 11) is 0. The van der Waals surface area contributed by atoms with Gasteiger partial charge in [0.25, 0.3) is 0 Å². The number of allylic oxidation sites excluding steroid dienone is 1. The molecule has 4 rings (SSSR count). The molecule has 0 saturated carbocycles. The normalized spacial score (nSPS) is 18.5. The lowest BCUT2D eigenvalue weighted by Crippen LogP contribution is -2.47. The number of hydrogen-bond donors (Lipinski definition) is 1. The standard InChI is InChI=1S/C26H28ClFN4O/c27-24-17-22(9-12-25(24)28)30-26(33)32(16-15-31-13-1-2-14-31)23-10-7-21(8-11-23)20-5-3-19(18-29)4-6-20/h3-7,9,12,17,23H,1-2,8,10-11,13-16H2,(H,30,33). The second-order valence-electron chi connectivity index (χ2n) is 8.65. The van der Waals surface area contributed by atoms with Gasteiger partial charge in [-0.15, -0.1) is 0 Å². The van der Waals surface area contributed by atoms with Crippen LogP contribution in [0.3, 0.4) is 0 Å². The molecule has 1 aliphatic heterocycles. The third-order valence-corrected chi connectivity index (χ3v) is 6.79. The number of benzene rings is 2. The lowest BCUT2D eigenvalue weighted by atomic mass is 9.89. The molecule has 1 fully saturated rings. The average molecular weight is 467 g/mol. The predicted octanol–water partition coefficient (Wildman–Crippen LogP) is 5.92. The van der Waals surface area contributed by atoms with Gasteiger partial charge in [-0.25, -0.2) is 9.18 Å². The van der Waals surface area contributed by atoms with Crippen molar-refractivity contribution in [2.75, 3.05) is 31.5 Å². The number of amides is 2. The van der Waals surface area contributed by atoms with Crippen molar-refractivity contribution in [1.82, 2.24) is 9.80 Å². The number of nitriles is 1. The van der Waals surface area contributed by atoms with Crippen LogP contribution in [0.2, 0.25) is 5.02 Å². The van der Waals surface area contributed by atoms with Gasteiger partial charge in [-0.05, 0) is 86.7 Å². The first-order valence-electron chi connectivity index (χ1n) is 11.5. The van der Waals surface area contributed by atoms with Crippen molar-refractivity contribution in [3.63, 3.8) is 0 Å². The van der Waals surface area contributed by atoms with E-state index in [0.717, 1.165) is 44.5 Å². The van der Waals surface area contributed by atoms with E-state index < -0.39 is 5.82 Å². The summed E-state index contributed by atoms with van der Waals surface area (Å²) < 4.78 is 13.5. The molecule has 5 nitrogen and oxygen atoms in total. The lowest BCUT2D eigenvalue weighted by molar-refractivity contribution is 0.170. The fraction of sp³-hybridized carbons (Fsp3) is 0.385. The highest BCUT2D eigenvalue weighted by Gasteiger charge is 2.27. The molecule has 1 N–H and O–H groups in total. The Bertz CT molecular complexity index is 1060. The third-order valence-electron chi connectivity index (χ3n) is 6.50. The highest BCUT2D eigenvalue weighted by atomic mass is 35.5. The summed E-state index contributed by atoms with van der Waals surface area (Å²) in [5.41, 5.74) is 3.52. The van der Waals surface area contributed by atoms with Crippen LogP contribution in [0.4, 0.5) is 14.9 Å². The van der Waals surface area contributed by atoms with Crippen molar-refractivity contribution in [3.8, 4) is 6.07 Å². The predicted molar refractivity (Wildman–Crippen MR) is 130 cm³/mol. The maximum Gasteiger partial charge on any atom is 0.322 e. The molecule has 0 aromatic heterocycles. The van der Waals surface area contributed by atoms with Gasteiger partial charge >= 0.3 is 6.03 Å². The van der Waals surface area contributed by atoms with Crippen LogP contribution in [-0.4, -0.2) is 48.1 Å². The molecule has 1 saturated heterocycles. The average Bonchev–Trinajstić information content (AvgIpc) is 3.36. The van der Waals surface area contributed by atoms with Gasteiger partial charge in [0.15, 0.2) is 0 Å². The number of rotatable bonds is 6. The number of urea groups is 1. The fourth-order valence-electron chi connectivity index (χ4n) is 4.60. The molecule has 33 heavy (non-hydrogen) atoms. The van der Waals surface area contributed by atoms with Gasteiger partial charge in [0.1, 0.15) is 5.82 Å². The van der Waals surface area contributed by atoms with Gasteiger partial charge in [0, 0.05) is 24.8 Å². The van der Waals surface area contributed by atoms with Gasteiger partial charge in [-0.3, -0.25) is 0 Å². The lowest BCUT2D eigenvalue weighted by Gasteiger charge is -2.35. The topological polar surface area (TPSA) is 59.4 Å². The quantitative estimate of drug-likeness (QED) is 0.575. The Kier molecular flexibility index (Phi) is 7.64. The molecular weight excluding hydrogens is 439 g/mol. The zero-order valence-electron chi connectivity index (χ0n) is 18.6. The van der Waals surface area contributed by atoms with Crippen LogP contribution in [0.15, 0.2) is 48.5 Å². The van der Waals surface area contributed by atoms with E-state index in [1.807, 2.05) is 29.2 Å². The van der Waals surface area contributed by atoms with Crippen LogP contribution in [0.25, 0.3) is 5.57 Å². The van der Waals surface area contributed by atoms with Gasteiger partial charge < -0.3 is 15.1 Å². The summed E-state index contributed by atoms with van der Waals surface area (Å²) in [6.45, 7) is 3.65. The number of nitrogens with one attached hydrogen (secondary N) is 1. The first kappa shape index (κ1) is 23.3. The van der Waals surface area contributed by atoms with E-state index in [1.54, 1.807) is 0 Å². The van der Waals surface area contributed by atoms with Gasteiger partial charge in [0.2, 0.25) is 0 Å². The van der Waals surface area contributed by atoms with Gasteiger partial charge in [0.05, 0.1) is 16.7 Å². The third kappa shape index (κ3) is 5.93. The number of carbonyl (C=O) groups is 1. The molecule has 172 valence electrons.